The molecule has 0 saturated carbocycles. The smallest absolute Gasteiger partial charge is 0.326 e. The van der Waals surface area contributed by atoms with Crippen LogP contribution in [-0.4, -0.2) is 41.4 Å². The van der Waals surface area contributed by atoms with E-state index in [0.717, 1.165) is 19.3 Å². The maximum atomic E-state index is 11.4. The Kier molecular flexibility index (Phi) is 9.00. The molecule has 0 aromatic heterocycles. The van der Waals surface area contributed by atoms with Crippen molar-refractivity contribution in [1.82, 2.24) is 10.6 Å². The molecular weight excluding hydrogens is 236 g/mol. The molecule has 2 amide bonds. The maximum absolute atomic E-state index is 11.4. The van der Waals surface area contributed by atoms with E-state index in [2.05, 4.69) is 24.5 Å². The summed E-state index contributed by atoms with van der Waals surface area (Å²) in [5.74, 6) is -0.487. The van der Waals surface area contributed by atoms with Gasteiger partial charge in [0.1, 0.15) is 6.04 Å². The summed E-state index contributed by atoms with van der Waals surface area (Å²) in [6, 6.07) is -1.54. The van der Waals surface area contributed by atoms with E-state index >= 15 is 0 Å². The van der Waals surface area contributed by atoms with Crippen molar-refractivity contribution in [2.45, 2.75) is 45.6 Å². The van der Waals surface area contributed by atoms with Crippen molar-refractivity contribution < 1.29 is 19.8 Å². The fourth-order valence-electron chi connectivity index (χ4n) is 1.48. The Labute approximate surface area is 108 Å². The molecule has 0 aliphatic heterocycles. The summed E-state index contributed by atoms with van der Waals surface area (Å²) in [6.07, 6.45) is 3.04. The molecule has 6 nitrogen and oxygen atoms in total. The molecule has 0 unspecified atom stereocenters. The van der Waals surface area contributed by atoms with Gasteiger partial charge in [0.2, 0.25) is 0 Å². The molecule has 0 rings (SSSR count). The number of aliphatic hydroxyl groups excluding tert-OH is 1. The van der Waals surface area contributed by atoms with Crippen LogP contribution >= 0.6 is 0 Å². The molecule has 0 aliphatic rings. The average molecular weight is 260 g/mol. The number of amides is 2. The molecule has 0 aliphatic carbocycles. The minimum absolute atomic E-state index is 0.0100. The lowest BCUT2D eigenvalue weighted by Crippen LogP contribution is -2.46. The van der Waals surface area contributed by atoms with Gasteiger partial charge in [0.25, 0.3) is 0 Å². The Bertz CT molecular complexity index is 256. The van der Waals surface area contributed by atoms with Gasteiger partial charge in [-0.2, -0.15) is 0 Å². The Balaban J connectivity index is 3.71. The number of nitrogens with one attached hydrogen (secondary N) is 2. The lowest BCUT2D eigenvalue weighted by molar-refractivity contribution is -0.139. The molecule has 0 bridgehead atoms. The van der Waals surface area contributed by atoms with Crippen molar-refractivity contribution in [2.24, 2.45) is 5.92 Å². The molecule has 4 N–H and O–H groups in total. The van der Waals surface area contributed by atoms with Crippen molar-refractivity contribution in [1.29, 1.82) is 0 Å². The molecule has 106 valence electrons. The number of hydrogen-bond donors (Lipinski definition) is 4. The number of carboxylic acids is 1. The predicted octanol–water partition coefficient (Wildman–Crippen LogP) is 0.948. The van der Waals surface area contributed by atoms with Crippen LogP contribution in [0.2, 0.25) is 0 Å². The van der Waals surface area contributed by atoms with Gasteiger partial charge >= 0.3 is 12.0 Å². The normalized spacial score (nSPS) is 12.2. The highest BCUT2D eigenvalue weighted by Crippen LogP contribution is 2.04. The van der Waals surface area contributed by atoms with E-state index in [-0.39, 0.29) is 13.0 Å². The predicted molar refractivity (Wildman–Crippen MR) is 68.4 cm³/mol. The first-order chi connectivity index (χ1) is 8.47. The van der Waals surface area contributed by atoms with Crippen LogP contribution in [0.1, 0.15) is 39.5 Å². The molecule has 0 aromatic carbocycles. The Morgan fingerprint density at radius 1 is 1.17 bits per heavy atom. The second kappa shape index (κ2) is 9.70. The van der Waals surface area contributed by atoms with Crippen molar-refractivity contribution in [3.8, 4) is 0 Å². The average Bonchev–Trinajstić information content (AvgIpc) is 2.27. The molecule has 6 heteroatoms. The zero-order valence-electron chi connectivity index (χ0n) is 11.1. The first-order valence-electron chi connectivity index (χ1n) is 6.35. The van der Waals surface area contributed by atoms with Crippen LogP contribution in [0.25, 0.3) is 0 Å². The lowest BCUT2D eigenvalue weighted by Gasteiger charge is -2.14. The van der Waals surface area contributed by atoms with E-state index in [9.17, 15) is 9.59 Å². The first-order valence-corrected chi connectivity index (χ1v) is 6.35. The van der Waals surface area contributed by atoms with Crippen molar-refractivity contribution >= 4 is 12.0 Å². The van der Waals surface area contributed by atoms with Gasteiger partial charge < -0.3 is 20.8 Å². The molecule has 18 heavy (non-hydrogen) atoms. The standard InChI is InChI=1S/C12H24N2O4/c1-9(2)5-3-4-7-13-12(18)14-10(6-8-15)11(16)17/h9-10,15H,3-8H2,1-2H3,(H,16,17)(H2,13,14,18)/t10-/m1/s1. The molecule has 0 aromatic rings. The van der Waals surface area contributed by atoms with Gasteiger partial charge in [-0.05, 0) is 12.3 Å². The van der Waals surface area contributed by atoms with Crippen LogP contribution in [0.15, 0.2) is 0 Å². The van der Waals surface area contributed by atoms with Crippen molar-refractivity contribution in [3.63, 3.8) is 0 Å². The van der Waals surface area contributed by atoms with E-state index in [4.69, 9.17) is 10.2 Å². The number of aliphatic hydroxyl groups is 1. The Morgan fingerprint density at radius 3 is 2.33 bits per heavy atom. The third-order valence-electron chi connectivity index (χ3n) is 2.52. The minimum atomic E-state index is -1.14. The molecule has 1 atom stereocenters. The van der Waals surface area contributed by atoms with Gasteiger partial charge in [0, 0.05) is 19.6 Å². The van der Waals surface area contributed by atoms with E-state index in [1.807, 2.05) is 0 Å². The van der Waals surface area contributed by atoms with Crippen LogP contribution in [0.3, 0.4) is 0 Å². The monoisotopic (exact) mass is 260 g/mol. The summed E-state index contributed by atoms with van der Waals surface area (Å²) in [6.45, 7) is 4.55. The molecule has 0 heterocycles. The second-order valence-electron chi connectivity index (χ2n) is 4.69. The Morgan fingerprint density at radius 2 is 1.83 bits per heavy atom. The summed E-state index contributed by atoms with van der Waals surface area (Å²) in [5.41, 5.74) is 0. The number of aliphatic carboxylic acids is 1. The second-order valence-corrected chi connectivity index (χ2v) is 4.69. The third kappa shape index (κ3) is 8.81. The lowest BCUT2D eigenvalue weighted by atomic mass is 10.1. The summed E-state index contributed by atoms with van der Waals surface area (Å²) in [7, 11) is 0. The molecule has 0 radical (unpaired) electrons. The van der Waals surface area contributed by atoms with Crippen LogP contribution < -0.4 is 10.6 Å². The molecule has 0 spiro atoms. The Hall–Kier alpha value is -1.30. The van der Waals surface area contributed by atoms with Crippen LogP contribution in [-0.2, 0) is 4.79 Å². The third-order valence-corrected chi connectivity index (χ3v) is 2.52. The van der Waals surface area contributed by atoms with Gasteiger partial charge in [-0.25, -0.2) is 9.59 Å². The molecule has 0 fully saturated rings. The summed E-state index contributed by atoms with van der Waals surface area (Å²) >= 11 is 0. The number of hydrogen-bond acceptors (Lipinski definition) is 3. The number of rotatable bonds is 9. The van der Waals surface area contributed by atoms with E-state index in [1.54, 1.807) is 0 Å². The zero-order valence-corrected chi connectivity index (χ0v) is 11.1. The number of carbonyl (C=O) groups excluding carboxylic acids is 1. The zero-order chi connectivity index (χ0) is 14.0. The topological polar surface area (TPSA) is 98.7 Å². The van der Waals surface area contributed by atoms with Gasteiger partial charge in [0.05, 0.1) is 0 Å². The van der Waals surface area contributed by atoms with Gasteiger partial charge in [-0.15, -0.1) is 0 Å². The minimum Gasteiger partial charge on any atom is -0.480 e. The first kappa shape index (κ1) is 16.7. The summed E-state index contributed by atoms with van der Waals surface area (Å²) in [5, 5.41) is 22.3. The van der Waals surface area contributed by atoms with Gasteiger partial charge in [-0.3, -0.25) is 0 Å². The maximum Gasteiger partial charge on any atom is 0.326 e. The van der Waals surface area contributed by atoms with E-state index in [1.165, 1.54) is 0 Å². The van der Waals surface area contributed by atoms with Crippen LogP contribution in [0.4, 0.5) is 4.79 Å². The van der Waals surface area contributed by atoms with Crippen molar-refractivity contribution in [3.05, 3.63) is 0 Å². The number of unbranched alkanes of at least 4 members (excludes halogenated alkanes) is 1. The summed E-state index contributed by atoms with van der Waals surface area (Å²) in [4.78, 5) is 22.1. The largest absolute Gasteiger partial charge is 0.480 e. The van der Waals surface area contributed by atoms with E-state index < -0.39 is 18.0 Å². The highest BCUT2D eigenvalue weighted by atomic mass is 16.4. The van der Waals surface area contributed by atoms with Gasteiger partial charge in [-0.1, -0.05) is 26.7 Å². The summed E-state index contributed by atoms with van der Waals surface area (Å²) < 4.78 is 0. The fourth-order valence-corrected chi connectivity index (χ4v) is 1.48. The highest BCUT2D eigenvalue weighted by molar-refractivity contribution is 5.82. The molecular formula is C12H24N2O4. The molecule has 0 saturated heterocycles. The highest BCUT2D eigenvalue weighted by Gasteiger charge is 2.18. The van der Waals surface area contributed by atoms with Crippen LogP contribution in [0.5, 0.6) is 0 Å². The van der Waals surface area contributed by atoms with Crippen molar-refractivity contribution in [2.75, 3.05) is 13.2 Å². The van der Waals surface area contributed by atoms with Crippen LogP contribution in [0, 0.1) is 5.92 Å². The fraction of sp³-hybridized carbons (Fsp3) is 0.833. The van der Waals surface area contributed by atoms with Gasteiger partial charge in [0.15, 0.2) is 0 Å². The van der Waals surface area contributed by atoms with E-state index in [0.29, 0.717) is 12.5 Å². The quantitative estimate of drug-likeness (QED) is 0.464. The SMILES string of the molecule is CC(C)CCCCNC(=O)N[C@H](CCO)C(=O)O. The number of urea groups is 1. The number of carbonyl (C=O) groups is 2. The number of carboxylic acid groups (broad SMARTS) is 1.